The van der Waals surface area contributed by atoms with E-state index in [4.69, 9.17) is 5.73 Å². The second-order valence-corrected chi connectivity index (χ2v) is 5.77. The molecule has 6 heteroatoms. The molecule has 1 heterocycles. The molecule has 3 amide bonds. The lowest BCUT2D eigenvalue weighted by Crippen LogP contribution is -2.64. The highest BCUT2D eigenvalue weighted by Gasteiger charge is 2.51. The topological polar surface area (TPSA) is 92.5 Å². The minimum atomic E-state index is -0.565. The average molecular weight is 267 g/mol. The predicted molar refractivity (Wildman–Crippen MR) is 68.8 cm³/mol. The standard InChI is InChI=1S/C13H21N3O3/c1-3-9-11(18)15-10(17)6-16(9)12(19)13(7-14)4-8(2)5-13/h8-9H,3-7,14H2,1-2H3,(H,15,17,18). The van der Waals surface area contributed by atoms with Crippen LogP contribution in [0.1, 0.15) is 33.1 Å². The molecule has 2 rings (SSSR count). The molecule has 19 heavy (non-hydrogen) atoms. The smallest absolute Gasteiger partial charge is 0.249 e. The van der Waals surface area contributed by atoms with Crippen LogP contribution in [-0.4, -0.2) is 41.8 Å². The van der Waals surface area contributed by atoms with Crippen LogP contribution in [0.4, 0.5) is 0 Å². The van der Waals surface area contributed by atoms with Crippen LogP contribution in [0.25, 0.3) is 0 Å². The Balaban J connectivity index is 2.20. The Morgan fingerprint density at radius 3 is 2.58 bits per heavy atom. The van der Waals surface area contributed by atoms with Crippen molar-refractivity contribution in [3.8, 4) is 0 Å². The van der Waals surface area contributed by atoms with Crippen molar-refractivity contribution < 1.29 is 14.4 Å². The number of nitrogens with two attached hydrogens (primary N) is 1. The summed E-state index contributed by atoms with van der Waals surface area (Å²) in [6.07, 6.45) is 1.98. The van der Waals surface area contributed by atoms with E-state index in [1.54, 1.807) is 0 Å². The summed E-state index contributed by atoms with van der Waals surface area (Å²) in [7, 11) is 0. The van der Waals surface area contributed by atoms with E-state index in [0.29, 0.717) is 12.3 Å². The molecule has 6 nitrogen and oxygen atoms in total. The number of rotatable bonds is 3. The molecule has 1 saturated carbocycles. The van der Waals surface area contributed by atoms with Crippen LogP contribution in [0.2, 0.25) is 0 Å². The SMILES string of the molecule is CCC1C(=O)NC(=O)CN1C(=O)C1(CN)CC(C)C1. The summed E-state index contributed by atoms with van der Waals surface area (Å²) < 4.78 is 0. The maximum absolute atomic E-state index is 12.7. The van der Waals surface area contributed by atoms with Gasteiger partial charge in [0.15, 0.2) is 0 Å². The van der Waals surface area contributed by atoms with E-state index in [-0.39, 0.29) is 24.9 Å². The van der Waals surface area contributed by atoms with Gasteiger partial charge < -0.3 is 10.6 Å². The minimum absolute atomic E-state index is 0.0424. The lowest BCUT2D eigenvalue weighted by Gasteiger charge is -2.48. The number of hydrogen-bond donors (Lipinski definition) is 2. The summed E-state index contributed by atoms with van der Waals surface area (Å²) >= 11 is 0. The van der Waals surface area contributed by atoms with Gasteiger partial charge in [0.2, 0.25) is 17.7 Å². The minimum Gasteiger partial charge on any atom is -0.329 e. The van der Waals surface area contributed by atoms with Gasteiger partial charge in [-0.25, -0.2) is 0 Å². The number of piperazine rings is 1. The Morgan fingerprint density at radius 1 is 1.47 bits per heavy atom. The molecule has 0 radical (unpaired) electrons. The first-order valence-corrected chi connectivity index (χ1v) is 6.78. The van der Waals surface area contributed by atoms with Gasteiger partial charge in [-0.3, -0.25) is 19.7 Å². The van der Waals surface area contributed by atoms with E-state index in [2.05, 4.69) is 12.2 Å². The molecule has 1 saturated heterocycles. The Hall–Kier alpha value is -1.43. The fraction of sp³-hybridized carbons (Fsp3) is 0.769. The molecule has 1 atom stereocenters. The lowest BCUT2D eigenvalue weighted by molar-refractivity contribution is -0.161. The third kappa shape index (κ3) is 2.25. The number of carbonyl (C=O) groups excluding carboxylic acids is 3. The lowest BCUT2D eigenvalue weighted by atomic mass is 9.61. The molecule has 1 aliphatic heterocycles. The number of nitrogens with zero attached hydrogens (tertiary/aromatic N) is 1. The summed E-state index contributed by atoms with van der Waals surface area (Å²) in [6, 6.07) is -0.551. The Morgan fingerprint density at radius 2 is 2.11 bits per heavy atom. The molecule has 106 valence electrons. The molecular formula is C13H21N3O3. The van der Waals surface area contributed by atoms with E-state index < -0.39 is 17.4 Å². The van der Waals surface area contributed by atoms with Gasteiger partial charge >= 0.3 is 0 Å². The highest BCUT2D eigenvalue weighted by molar-refractivity contribution is 6.05. The largest absolute Gasteiger partial charge is 0.329 e. The zero-order chi connectivity index (χ0) is 14.2. The van der Waals surface area contributed by atoms with Crippen LogP contribution in [-0.2, 0) is 14.4 Å². The monoisotopic (exact) mass is 267 g/mol. The number of carbonyl (C=O) groups is 3. The third-order valence-corrected chi connectivity index (χ3v) is 4.23. The Bertz CT molecular complexity index is 415. The van der Waals surface area contributed by atoms with Crippen molar-refractivity contribution in [2.45, 2.75) is 39.2 Å². The molecule has 2 fully saturated rings. The molecule has 3 N–H and O–H groups in total. The quantitative estimate of drug-likeness (QED) is 0.682. The van der Waals surface area contributed by atoms with Crippen LogP contribution >= 0.6 is 0 Å². The first kappa shape index (κ1) is 14.0. The molecule has 1 unspecified atom stereocenters. The maximum Gasteiger partial charge on any atom is 0.249 e. The van der Waals surface area contributed by atoms with E-state index in [9.17, 15) is 14.4 Å². The predicted octanol–water partition coefficient (Wildman–Crippen LogP) is -0.375. The van der Waals surface area contributed by atoms with E-state index >= 15 is 0 Å². The van der Waals surface area contributed by atoms with Gasteiger partial charge in [-0.15, -0.1) is 0 Å². The van der Waals surface area contributed by atoms with Crippen LogP contribution in [0.15, 0.2) is 0 Å². The van der Waals surface area contributed by atoms with Gasteiger partial charge in [-0.1, -0.05) is 13.8 Å². The number of amides is 3. The summed E-state index contributed by atoms with van der Waals surface area (Å²) in [5, 5.41) is 2.28. The van der Waals surface area contributed by atoms with E-state index in [0.717, 1.165) is 12.8 Å². The molecule has 0 aromatic heterocycles. The Labute approximate surface area is 112 Å². The van der Waals surface area contributed by atoms with Crippen LogP contribution in [0.3, 0.4) is 0 Å². The highest BCUT2D eigenvalue weighted by atomic mass is 16.2. The third-order valence-electron chi connectivity index (χ3n) is 4.23. The summed E-state index contributed by atoms with van der Waals surface area (Å²) in [5.74, 6) is -0.459. The number of hydrogen-bond acceptors (Lipinski definition) is 4. The number of imide groups is 1. The van der Waals surface area contributed by atoms with Crippen LogP contribution in [0, 0.1) is 11.3 Å². The zero-order valence-corrected chi connectivity index (χ0v) is 11.4. The molecule has 0 aromatic carbocycles. The highest BCUT2D eigenvalue weighted by Crippen LogP contribution is 2.46. The Kier molecular flexibility index (Phi) is 3.62. The second-order valence-electron chi connectivity index (χ2n) is 5.77. The zero-order valence-electron chi connectivity index (χ0n) is 11.4. The normalized spacial score (nSPS) is 34.8. The van der Waals surface area contributed by atoms with E-state index in [1.807, 2.05) is 6.92 Å². The summed E-state index contributed by atoms with van der Waals surface area (Å²) in [4.78, 5) is 37.3. The van der Waals surface area contributed by atoms with E-state index in [1.165, 1.54) is 4.90 Å². The molecule has 0 bridgehead atoms. The van der Waals surface area contributed by atoms with Gasteiger partial charge in [-0.05, 0) is 25.2 Å². The van der Waals surface area contributed by atoms with Gasteiger partial charge in [-0.2, -0.15) is 0 Å². The van der Waals surface area contributed by atoms with Crippen molar-refractivity contribution in [1.82, 2.24) is 10.2 Å². The van der Waals surface area contributed by atoms with Gasteiger partial charge in [0.05, 0.1) is 5.41 Å². The molecule has 1 aliphatic carbocycles. The summed E-state index contributed by atoms with van der Waals surface area (Å²) in [6.45, 7) is 4.14. The van der Waals surface area contributed by atoms with Crippen molar-refractivity contribution in [3.63, 3.8) is 0 Å². The van der Waals surface area contributed by atoms with Gasteiger partial charge in [0.1, 0.15) is 12.6 Å². The maximum atomic E-state index is 12.7. The molecule has 2 aliphatic rings. The van der Waals surface area contributed by atoms with Crippen LogP contribution < -0.4 is 11.1 Å². The van der Waals surface area contributed by atoms with Crippen LogP contribution in [0.5, 0.6) is 0 Å². The van der Waals surface area contributed by atoms with Crippen molar-refractivity contribution in [2.24, 2.45) is 17.1 Å². The fourth-order valence-electron chi connectivity index (χ4n) is 3.29. The van der Waals surface area contributed by atoms with Crippen molar-refractivity contribution in [3.05, 3.63) is 0 Å². The van der Waals surface area contributed by atoms with Gasteiger partial charge in [0, 0.05) is 6.54 Å². The molecular weight excluding hydrogens is 246 g/mol. The summed E-state index contributed by atoms with van der Waals surface area (Å²) in [5.41, 5.74) is 5.20. The first-order valence-electron chi connectivity index (χ1n) is 6.78. The molecule has 0 aromatic rings. The van der Waals surface area contributed by atoms with Gasteiger partial charge in [0.25, 0.3) is 0 Å². The second kappa shape index (κ2) is 4.92. The number of nitrogens with one attached hydrogen (secondary N) is 1. The van der Waals surface area contributed by atoms with Crippen molar-refractivity contribution in [2.75, 3.05) is 13.1 Å². The van der Waals surface area contributed by atoms with Crippen molar-refractivity contribution >= 4 is 17.7 Å². The fourth-order valence-corrected chi connectivity index (χ4v) is 3.29. The van der Waals surface area contributed by atoms with Crippen molar-refractivity contribution in [1.29, 1.82) is 0 Å². The average Bonchev–Trinajstić information content (AvgIpc) is 2.33. The molecule has 0 spiro atoms. The first-order chi connectivity index (χ1) is 8.93.